The number of rotatable bonds is 55. The second kappa shape index (κ2) is 57.1. The van der Waals surface area contributed by atoms with Gasteiger partial charge in [-0.25, -0.2) is 0 Å². The minimum atomic E-state index is -1.63. The topological polar surface area (TPSA) is 111 Å². The second-order valence-corrected chi connectivity index (χ2v) is 21.3. The fourth-order valence-electron chi connectivity index (χ4n) is 8.08. The number of allylic oxidation sites excluding steroid dienone is 18. The third-order valence-corrected chi connectivity index (χ3v) is 12.8. The Morgan fingerprint density at radius 1 is 0.408 bits per heavy atom. The van der Waals surface area contributed by atoms with Crippen molar-refractivity contribution in [3.63, 3.8) is 0 Å². The first-order valence-corrected chi connectivity index (χ1v) is 30.5. The molecule has 0 aliphatic carbocycles. The third-order valence-electron chi connectivity index (χ3n) is 12.8. The summed E-state index contributed by atoms with van der Waals surface area (Å²) in [4.78, 5) is 37.2. The first-order valence-electron chi connectivity index (χ1n) is 30.5. The lowest BCUT2D eigenvalue weighted by molar-refractivity contribution is -0.870. The molecule has 0 fully saturated rings. The van der Waals surface area contributed by atoms with Crippen LogP contribution >= 0.6 is 0 Å². The Morgan fingerprint density at radius 2 is 0.750 bits per heavy atom. The van der Waals surface area contributed by atoms with Gasteiger partial charge in [0.2, 0.25) is 0 Å². The first kappa shape index (κ1) is 72.0. The molecule has 0 aromatic rings. The zero-order valence-corrected chi connectivity index (χ0v) is 49.3. The van der Waals surface area contributed by atoms with Gasteiger partial charge in [-0.05, 0) is 103 Å². The number of carboxylic acid groups (broad SMARTS) is 1. The van der Waals surface area contributed by atoms with E-state index in [1.165, 1.54) is 96.3 Å². The van der Waals surface area contributed by atoms with Crippen LogP contribution in [-0.4, -0.2) is 82.3 Å². The highest BCUT2D eigenvalue weighted by molar-refractivity contribution is 5.70. The predicted octanol–water partition coefficient (Wildman–Crippen LogP) is 17.0. The number of aliphatic carboxylic acids is 1. The molecule has 0 saturated heterocycles. The van der Waals surface area contributed by atoms with Crippen molar-refractivity contribution in [1.29, 1.82) is 0 Å². The van der Waals surface area contributed by atoms with Crippen LogP contribution in [0.5, 0.6) is 0 Å². The smallest absolute Gasteiger partial charge is 0.306 e. The number of carboxylic acids is 1. The largest absolute Gasteiger partial charge is 0.545 e. The Labute approximate surface area is 466 Å². The molecule has 0 spiro atoms. The van der Waals surface area contributed by atoms with E-state index in [0.717, 1.165) is 109 Å². The maximum atomic E-state index is 12.9. The van der Waals surface area contributed by atoms with Gasteiger partial charge in [-0.3, -0.25) is 9.59 Å². The lowest BCUT2D eigenvalue weighted by atomic mass is 10.0. The van der Waals surface area contributed by atoms with E-state index in [9.17, 15) is 19.5 Å². The van der Waals surface area contributed by atoms with Gasteiger partial charge >= 0.3 is 11.9 Å². The summed E-state index contributed by atoms with van der Waals surface area (Å²) in [5.74, 6) is -2.30. The molecule has 2 unspecified atom stereocenters. The van der Waals surface area contributed by atoms with Crippen molar-refractivity contribution in [2.75, 3.05) is 47.5 Å². The van der Waals surface area contributed by atoms with Gasteiger partial charge in [0.1, 0.15) is 13.2 Å². The Hall–Kier alpha value is -4.05. The maximum Gasteiger partial charge on any atom is 0.306 e. The van der Waals surface area contributed by atoms with E-state index in [1.807, 2.05) is 21.1 Å². The highest BCUT2D eigenvalue weighted by Gasteiger charge is 2.22. The molecule has 0 radical (unpaired) electrons. The van der Waals surface area contributed by atoms with E-state index in [2.05, 4.69) is 123 Å². The number of quaternary nitrogens is 1. The third kappa shape index (κ3) is 57.7. The minimum absolute atomic E-state index is 0.142. The van der Waals surface area contributed by atoms with Crippen molar-refractivity contribution in [2.45, 2.75) is 251 Å². The Bertz CT molecular complexity index is 1610. The molecule has 434 valence electrons. The molecule has 0 aromatic carbocycles. The number of nitrogens with zero attached hydrogens (tertiary/aromatic N) is 1. The van der Waals surface area contributed by atoms with Crippen molar-refractivity contribution in [1.82, 2.24) is 0 Å². The van der Waals surface area contributed by atoms with Crippen LogP contribution < -0.4 is 5.11 Å². The van der Waals surface area contributed by atoms with Gasteiger partial charge in [0.05, 0.1) is 40.3 Å². The lowest BCUT2D eigenvalue weighted by Crippen LogP contribution is -2.44. The zero-order valence-electron chi connectivity index (χ0n) is 49.3. The number of hydrogen-bond donors (Lipinski definition) is 0. The maximum absolute atomic E-state index is 12.9. The summed E-state index contributed by atoms with van der Waals surface area (Å²) < 4.78 is 22.7. The van der Waals surface area contributed by atoms with Gasteiger partial charge in [0.25, 0.3) is 0 Å². The fourth-order valence-corrected chi connectivity index (χ4v) is 8.08. The molecule has 0 aliphatic rings. The number of likely N-dealkylation sites (N-methyl/N-ethyl adjacent to an activating group) is 1. The summed E-state index contributed by atoms with van der Waals surface area (Å²) in [7, 11) is 5.91. The Morgan fingerprint density at radius 3 is 1.13 bits per heavy atom. The van der Waals surface area contributed by atoms with E-state index >= 15 is 0 Å². The SMILES string of the molecule is CC/C=C\C/C=C\C/C=C\C/C=C\C/C=C\C/C=C\C/C=C\C/C=C\CCCCCCCCCCCCCCC(=O)OC(COC(=O)CCCCCCC/C=C\CCCCCCC)COC(OCC[N+](C)(C)C)C(=O)[O-]. The molecule has 0 aromatic heterocycles. The van der Waals surface area contributed by atoms with Crippen molar-refractivity contribution in [3.8, 4) is 0 Å². The average molecular weight is 1060 g/mol. The van der Waals surface area contributed by atoms with Crippen LogP contribution in [-0.2, 0) is 33.3 Å². The average Bonchev–Trinajstić information content (AvgIpc) is 3.39. The van der Waals surface area contributed by atoms with Crippen LogP contribution in [0.1, 0.15) is 239 Å². The summed E-state index contributed by atoms with van der Waals surface area (Å²) in [5.41, 5.74) is 0. The minimum Gasteiger partial charge on any atom is -0.545 e. The van der Waals surface area contributed by atoms with Crippen molar-refractivity contribution >= 4 is 17.9 Å². The summed E-state index contributed by atoms with van der Waals surface area (Å²) in [6, 6.07) is 0. The van der Waals surface area contributed by atoms with Crippen LogP contribution in [0.15, 0.2) is 109 Å². The molecule has 76 heavy (non-hydrogen) atoms. The molecule has 0 heterocycles. The van der Waals surface area contributed by atoms with Crippen LogP contribution in [0.4, 0.5) is 0 Å². The molecule has 0 rings (SSSR count). The molecule has 9 heteroatoms. The quantitative estimate of drug-likeness (QED) is 0.0195. The van der Waals surface area contributed by atoms with E-state index in [1.54, 1.807) is 0 Å². The number of unbranched alkanes of at least 4 members (excludes halogenated alkanes) is 22. The van der Waals surface area contributed by atoms with Crippen molar-refractivity contribution in [3.05, 3.63) is 109 Å². The molecule has 9 nitrogen and oxygen atoms in total. The number of ether oxygens (including phenoxy) is 4. The molecule has 0 amide bonds. The van der Waals surface area contributed by atoms with Gasteiger partial charge in [-0.15, -0.1) is 0 Å². The molecule has 2 atom stereocenters. The summed E-state index contributed by atoms with van der Waals surface area (Å²) in [6.07, 6.45) is 75.8. The number of esters is 2. The summed E-state index contributed by atoms with van der Waals surface area (Å²) in [6.45, 7) is 4.61. The van der Waals surface area contributed by atoms with Gasteiger partial charge < -0.3 is 33.3 Å². The highest BCUT2D eigenvalue weighted by Crippen LogP contribution is 2.15. The van der Waals surface area contributed by atoms with Crippen molar-refractivity contribution in [2.24, 2.45) is 0 Å². The predicted molar refractivity (Wildman–Crippen MR) is 320 cm³/mol. The van der Waals surface area contributed by atoms with Crippen LogP contribution in [0.25, 0.3) is 0 Å². The molecular weight excluding hydrogens is 947 g/mol. The van der Waals surface area contributed by atoms with Gasteiger partial charge in [-0.1, -0.05) is 232 Å². The summed E-state index contributed by atoms with van der Waals surface area (Å²) >= 11 is 0. The highest BCUT2D eigenvalue weighted by atomic mass is 16.7. The summed E-state index contributed by atoms with van der Waals surface area (Å²) in [5, 5.41) is 11.8. The number of carbonyl (C=O) groups excluding carboxylic acids is 3. The van der Waals surface area contributed by atoms with Gasteiger partial charge in [-0.2, -0.15) is 0 Å². The van der Waals surface area contributed by atoms with Crippen LogP contribution in [0, 0.1) is 0 Å². The molecule has 0 saturated carbocycles. The van der Waals surface area contributed by atoms with Crippen LogP contribution in [0.2, 0.25) is 0 Å². The van der Waals surface area contributed by atoms with Gasteiger partial charge in [0, 0.05) is 12.8 Å². The fraction of sp³-hybridized carbons (Fsp3) is 0.687. The normalized spacial score (nSPS) is 13.5. The zero-order chi connectivity index (χ0) is 55.5. The molecule has 0 aliphatic heterocycles. The monoisotopic (exact) mass is 1060 g/mol. The Kier molecular flexibility index (Phi) is 54.1. The van der Waals surface area contributed by atoms with Crippen molar-refractivity contribution < 1.29 is 42.9 Å². The standard InChI is InChI=1S/C67H113NO8/c1-6-8-10-12-14-16-18-20-22-23-24-25-26-27-28-29-30-31-32-33-34-35-36-37-38-39-40-41-42-43-44-46-48-50-52-54-56-58-65(70)76-63(62-75-67(66(71)72)73-60-59-68(3,4)5)61-74-64(69)57-55-53-51-49-47-45-21-19-17-15-13-11-9-7-2/h8,10,14,16,19-22,24-25,27-28,30-31,33-34,36-37,63,67H,6-7,9,11-13,15,17-18,23,26,29,32,35,38-62H2,1-5H3/b10-8-,16-14-,21-19-,22-20-,25-24-,28-27-,31-30-,34-33-,37-36-. The first-order chi connectivity index (χ1) is 37.1. The Balaban J connectivity index is 4.14. The number of hydrogen-bond acceptors (Lipinski definition) is 8. The van der Waals surface area contributed by atoms with Crippen LogP contribution in [0.3, 0.4) is 0 Å². The molecular formula is C67H113NO8. The van der Waals surface area contributed by atoms with E-state index in [0.29, 0.717) is 17.4 Å². The lowest BCUT2D eigenvalue weighted by Gasteiger charge is -2.26. The molecule has 0 N–H and O–H groups in total. The van der Waals surface area contributed by atoms with E-state index in [-0.39, 0.29) is 38.6 Å². The molecule has 0 bridgehead atoms. The number of carbonyl (C=O) groups is 3. The van der Waals surface area contributed by atoms with Gasteiger partial charge in [0.15, 0.2) is 12.4 Å². The van der Waals surface area contributed by atoms with E-state index < -0.39 is 24.3 Å². The second-order valence-electron chi connectivity index (χ2n) is 21.3. The van der Waals surface area contributed by atoms with E-state index in [4.69, 9.17) is 18.9 Å².